The molecular weight excluding hydrogens is 294 g/mol. The van der Waals surface area contributed by atoms with E-state index in [0.29, 0.717) is 6.54 Å². The van der Waals surface area contributed by atoms with Gasteiger partial charge in [0, 0.05) is 23.9 Å². The van der Waals surface area contributed by atoms with Crippen molar-refractivity contribution in [2.75, 3.05) is 6.54 Å². The Kier molecular flexibility index (Phi) is 4.43. The highest BCUT2D eigenvalue weighted by molar-refractivity contribution is 7.11. The quantitative estimate of drug-likeness (QED) is 0.911. The Morgan fingerprint density at radius 1 is 1.27 bits per heavy atom. The Morgan fingerprint density at radius 2 is 1.95 bits per heavy atom. The molecule has 0 saturated carbocycles. The van der Waals surface area contributed by atoms with Crippen LogP contribution in [0.25, 0.3) is 0 Å². The second-order valence-corrected chi connectivity index (χ2v) is 7.05. The van der Waals surface area contributed by atoms with Gasteiger partial charge in [0.2, 0.25) is 0 Å². The zero-order chi connectivity index (χ0) is 15.5. The third-order valence-corrected chi connectivity index (χ3v) is 5.16. The topological polar surface area (TPSA) is 54.0 Å². The van der Waals surface area contributed by atoms with Crippen molar-refractivity contribution < 1.29 is 4.79 Å². The van der Waals surface area contributed by atoms with E-state index in [2.05, 4.69) is 39.9 Å². The number of hydrogen-bond acceptors (Lipinski definition) is 3. The van der Waals surface area contributed by atoms with Crippen LogP contribution in [0.2, 0.25) is 0 Å². The third-order valence-electron chi connectivity index (χ3n) is 4.02. The lowest BCUT2D eigenvalue weighted by atomic mass is 10.1. The van der Waals surface area contributed by atoms with Gasteiger partial charge in [-0.15, -0.1) is 11.3 Å². The molecule has 2 N–H and O–H groups in total. The van der Waals surface area contributed by atoms with Crippen LogP contribution in [0.3, 0.4) is 0 Å². The smallest absolute Gasteiger partial charge is 0.315 e. The predicted octanol–water partition coefficient (Wildman–Crippen LogP) is 2.77. The minimum absolute atomic E-state index is 0.0725. The molecule has 5 heteroatoms. The highest BCUT2D eigenvalue weighted by Gasteiger charge is 2.22. The Morgan fingerprint density at radius 3 is 2.55 bits per heavy atom. The number of nitrogens with one attached hydrogen (secondary N) is 2. The van der Waals surface area contributed by atoms with Gasteiger partial charge in [0.1, 0.15) is 0 Å². The van der Waals surface area contributed by atoms with Gasteiger partial charge in [0.05, 0.1) is 10.7 Å². The molecule has 2 amide bonds. The summed E-state index contributed by atoms with van der Waals surface area (Å²) < 4.78 is 0. The van der Waals surface area contributed by atoms with E-state index in [9.17, 15) is 4.79 Å². The maximum Gasteiger partial charge on any atom is 0.315 e. The first-order valence-corrected chi connectivity index (χ1v) is 8.47. The number of benzene rings is 1. The van der Waals surface area contributed by atoms with Gasteiger partial charge in [-0.3, -0.25) is 0 Å². The number of carbonyl (C=O) groups is 1. The summed E-state index contributed by atoms with van der Waals surface area (Å²) in [5.74, 6) is 0. The average molecular weight is 315 g/mol. The van der Waals surface area contributed by atoms with Crippen LogP contribution in [-0.2, 0) is 19.3 Å². The van der Waals surface area contributed by atoms with Crippen molar-refractivity contribution in [3.63, 3.8) is 0 Å². The van der Waals surface area contributed by atoms with Gasteiger partial charge in [-0.1, -0.05) is 24.3 Å². The van der Waals surface area contributed by atoms with Crippen molar-refractivity contribution in [2.24, 2.45) is 0 Å². The molecule has 0 atom stereocenters. The van der Waals surface area contributed by atoms with Crippen LogP contribution in [0.5, 0.6) is 0 Å². The average Bonchev–Trinajstić information content (AvgIpc) is 3.01. The Hall–Kier alpha value is -1.88. The zero-order valence-electron chi connectivity index (χ0n) is 13.0. The van der Waals surface area contributed by atoms with Crippen LogP contribution in [-0.4, -0.2) is 23.6 Å². The van der Waals surface area contributed by atoms with Crippen LogP contribution >= 0.6 is 11.3 Å². The van der Waals surface area contributed by atoms with Gasteiger partial charge < -0.3 is 10.6 Å². The molecule has 1 aliphatic carbocycles. The molecule has 22 heavy (non-hydrogen) atoms. The number of hydrogen-bond donors (Lipinski definition) is 2. The predicted molar refractivity (Wildman–Crippen MR) is 89.5 cm³/mol. The van der Waals surface area contributed by atoms with Crippen molar-refractivity contribution in [3.8, 4) is 0 Å². The molecule has 1 aliphatic rings. The maximum atomic E-state index is 12.0. The standard InChI is InChI=1S/C17H21N3OS/c1-11-16(22-12(2)19-11)7-8-18-17(21)20-15-9-13-5-3-4-6-14(13)10-15/h3-6,15H,7-10H2,1-2H3,(H2,18,20,21). The van der Waals surface area contributed by atoms with Crippen molar-refractivity contribution in [1.82, 2.24) is 15.6 Å². The second-order valence-electron chi connectivity index (χ2n) is 5.77. The molecule has 2 aromatic rings. The van der Waals surface area contributed by atoms with Gasteiger partial charge in [0.15, 0.2) is 0 Å². The van der Waals surface area contributed by atoms with Crippen LogP contribution in [0.4, 0.5) is 4.79 Å². The molecule has 0 saturated heterocycles. The maximum absolute atomic E-state index is 12.0. The molecule has 116 valence electrons. The van der Waals surface area contributed by atoms with Crippen LogP contribution in [0.15, 0.2) is 24.3 Å². The number of aryl methyl sites for hydroxylation is 2. The van der Waals surface area contributed by atoms with E-state index >= 15 is 0 Å². The molecular formula is C17H21N3OS. The fourth-order valence-electron chi connectivity index (χ4n) is 2.99. The van der Waals surface area contributed by atoms with Crippen LogP contribution < -0.4 is 10.6 Å². The Balaban J connectivity index is 1.43. The Bertz CT molecular complexity index is 655. The van der Waals surface area contributed by atoms with Gasteiger partial charge in [-0.05, 0) is 37.8 Å². The molecule has 0 bridgehead atoms. The lowest BCUT2D eigenvalue weighted by molar-refractivity contribution is 0.237. The molecule has 3 rings (SSSR count). The highest BCUT2D eigenvalue weighted by atomic mass is 32.1. The van der Waals surface area contributed by atoms with Gasteiger partial charge in [0.25, 0.3) is 0 Å². The van der Waals surface area contributed by atoms with Crippen molar-refractivity contribution >= 4 is 17.4 Å². The summed E-state index contributed by atoms with van der Waals surface area (Å²) in [4.78, 5) is 17.7. The summed E-state index contributed by atoms with van der Waals surface area (Å²) in [7, 11) is 0. The number of nitrogens with zero attached hydrogens (tertiary/aromatic N) is 1. The fourth-order valence-corrected chi connectivity index (χ4v) is 3.93. The minimum Gasteiger partial charge on any atom is -0.338 e. The summed E-state index contributed by atoms with van der Waals surface area (Å²) in [5, 5.41) is 7.10. The number of fused-ring (bicyclic) bond motifs is 1. The third kappa shape index (κ3) is 3.47. The molecule has 1 aromatic heterocycles. The summed E-state index contributed by atoms with van der Waals surface area (Å²) in [6, 6.07) is 8.54. The van der Waals surface area contributed by atoms with Gasteiger partial charge in [-0.25, -0.2) is 9.78 Å². The fraction of sp³-hybridized carbons (Fsp3) is 0.412. The SMILES string of the molecule is Cc1nc(C)c(CCNC(=O)NC2Cc3ccccc3C2)s1. The first kappa shape index (κ1) is 15.0. The summed E-state index contributed by atoms with van der Waals surface area (Å²) in [5.41, 5.74) is 3.78. The number of rotatable bonds is 4. The van der Waals surface area contributed by atoms with Crippen LogP contribution in [0, 0.1) is 13.8 Å². The molecule has 1 heterocycles. The van der Waals surface area contributed by atoms with Gasteiger partial charge in [-0.2, -0.15) is 0 Å². The summed E-state index contributed by atoms with van der Waals surface area (Å²) in [6.45, 7) is 4.68. The first-order chi connectivity index (χ1) is 10.6. The van der Waals surface area contributed by atoms with E-state index in [-0.39, 0.29) is 12.1 Å². The van der Waals surface area contributed by atoms with Crippen molar-refractivity contribution in [1.29, 1.82) is 0 Å². The number of aromatic nitrogens is 1. The lowest BCUT2D eigenvalue weighted by Crippen LogP contribution is -2.43. The molecule has 4 nitrogen and oxygen atoms in total. The van der Waals surface area contributed by atoms with E-state index in [1.165, 1.54) is 16.0 Å². The number of amides is 2. The summed E-state index contributed by atoms with van der Waals surface area (Å²) in [6.07, 6.45) is 2.70. The second kappa shape index (κ2) is 6.48. The molecule has 0 fully saturated rings. The largest absolute Gasteiger partial charge is 0.338 e. The number of thiazole rings is 1. The van der Waals surface area contributed by atoms with Crippen molar-refractivity contribution in [3.05, 3.63) is 51.0 Å². The van der Waals surface area contributed by atoms with Crippen LogP contribution in [0.1, 0.15) is 26.7 Å². The molecule has 0 radical (unpaired) electrons. The first-order valence-electron chi connectivity index (χ1n) is 7.66. The van der Waals surface area contributed by atoms with Crippen molar-refractivity contribution in [2.45, 2.75) is 39.2 Å². The number of urea groups is 1. The molecule has 0 aliphatic heterocycles. The van der Waals surface area contributed by atoms with E-state index in [1.807, 2.05) is 13.8 Å². The zero-order valence-corrected chi connectivity index (χ0v) is 13.8. The number of carbonyl (C=O) groups excluding carboxylic acids is 1. The van der Waals surface area contributed by atoms with E-state index in [1.54, 1.807) is 11.3 Å². The molecule has 0 spiro atoms. The molecule has 0 unspecified atom stereocenters. The summed E-state index contributed by atoms with van der Waals surface area (Å²) >= 11 is 1.71. The minimum atomic E-state index is -0.0725. The highest BCUT2D eigenvalue weighted by Crippen LogP contribution is 2.21. The van der Waals surface area contributed by atoms with E-state index in [4.69, 9.17) is 0 Å². The van der Waals surface area contributed by atoms with E-state index < -0.39 is 0 Å². The molecule has 1 aromatic carbocycles. The normalized spacial score (nSPS) is 13.9. The monoisotopic (exact) mass is 315 g/mol. The lowest BCUT2D eigenvalue weighted by Gasteiger charge is -2.13. The van der Waals surface area contributed by atoms with E-state index in [0.717, 1.165) is 30.0 Å². The van der Waals surface area contributed by atoms with Gasteiger partial charge >= 0.3 is 6.03 Å². The Labute approximate surface area is 135 Å².